The highest BCUT2D eigenvalue weighted by Gasteiger charge is 2.29. The maximum Gasteiger partial charge on any atom is 0.126 e. The normalized spacial score (nSPS) is 14.0. The zero-order valence-corrected chi connectivity index (χ0v) is 9.73. The first-order valence-electron chi connectivity index (χ1n) is 5.05. The van der Waals surface area contributed by atoms with E-state index >= 15 is 0 Å². The largest absolute Gasteiger partial charge is 0.366 e. The van der Waals surface area contributed by atoms with Gasteiger partial charge in [0.25, 0.3) is 0 Å². The summed E-state index contributed by atoms with van der Waals surface area (Å²) in [5.41, 5.74) is -0.350. The second-order valence-corrected chi connectivity index (χ2v) is 4.26. The molecule has 0 aliphatic carbocycles. The molecule has 4 heteroatoms. The van der Waals surface area contributed by atoms with Gasteiger partial charge < -0.3 is 10.5 Å². The Morgan fingerprint density at radius 2 is 2.13 bits per heavy atom. The molecule has 15 heavy (non-hydrogen) atoms. The first-order chi connectivity index (χ1) is 6.94. The maximum absolute atomic E-state index is 9.50. The molecule has 0 aliphatic rings. The van der Waals surface area contributed by atoms with Gasteiger partial charge in [-0.3, -0.25) is 0 Å². The Bertz CT molecular complexity index is 298. The third kappa shape index (κ3) is 2.91. The SMILES string of the molecule is CC(Nc1ccccn1)C(C)(C)N(C)O. The lowest BCUT2D eigenvalue weighted by atomic mass is 9.96. The van der Waals surface area contributed by atoms with Crippen molar-refractivity contribution in [2.75, 3.05) is 12.4 Å². The van der Waals surface area contributed by atoms with Gasteiger partial charge in [0.05, 0.1) is 5.54 Å². The van der Waals surface area contributed by atoms with Crippen molar-refractivity contribution in [3.05, 3.63) is 24.4 Å². The van der Waals surface area contributed by atoms with Gasteiger partial charge in [-0.15, -0.1) is 0 Å². The number of rotatable bonds is 4. The van der Waals surface area contributed by atoms with Gasteiger partial charge in [-0.05, 0) is 32.9 Å². The van der Waals surface area contributed by atoms with Crippen LogP contribution in [0.4, 0.5) is 5.82 Å². The third-order valence-corrected chi connectivity index (χ3v) is 2.92. The first kappa shape index (κ1) is 11.9. The van der Waals surface area contributed by atoms with E-state index in [-0.39, 0.29) is 11.6 Å². The average Bonchev–Trinajstić information content (AvgIpc) is 2.18. The van der Waals surface area contributed by atoms with Crippen molar-refractivity contribution < 1.29 is 5.21 Å². The van der Waals surface area contributed by atoms with Crippen LogP contribution in [0.15, 0.2) is 24.4 Å². The summed E-state index contributed by atoms with van der Waals surface area (Å²) in [6.07, 6.45) is 1.74. The number of aromatic nitrogens is 1. The molecule has 0 aliphatic heterocycles. The molecule has 0 radical (unpaired) electrons. The van der Waals surface area contributed by atoms with Gasteiger partial charge in [-0.25, -0.2) is 4.98 Å². The van der Waals surface area contributed by atoms with E-state index in [1.807, 2.05) is 39.0 Å². The second kappa shape index (κ2) is 4.59. The summed E-state index contributed by atoms with van der Waals surface area (Å²) in [6.45, 7) is 5.95. The molecule has 1 rings (SSSR count). The Kier molecular flexibility index (Phi) is 3.66. The van der Waals surface area contributed by atoms with Crippen LogP contribution in [0.2, 0.25) is 0 Å². The van der Waals surface area contributed by atoms with Crippen molar-refractivity contribution >= 4 is 5.82 Å². The number of hydrogen-bond acceptors (Lipinski definition) is 4. The number of hydroxylamine groups is 2. The van der Waals surface area contributed by atoms with Crippen molar-refractivity contribution in [1.29, 1.82) is 0 Å². The number of likely N-dealkylation sites (N-methyl/N-ethyl adjacent to an activating group) is 1. The van der Waals surface area contributed by atoms with E-state index < -0.39 is 0 Å². The molecule has 4 nitrogen and oxygen atoms in total. The Labute approximate surface area is 90.9 Å². The van der Waals surface area contributed by atoms with Crippen molar-refractivity contribution in [2.45, 2.75) is 32.4 Å². The van der Waals surface area contributed by atoms with Gasteiger partial charge in [0.1, 0.15) is 5.82 Å². The fourth-order valence-corrected chi connectivity index (χ4v) is 1.13. The molecule has 1 atom stereocenters. The lowest BCUT2D eigenvalue weighted by molar-refractivity contribution is -0.143. The molecular formula is C11H19N3O. The Balaban J connectivity index is 2.67. The van der Waals surface area contributed by atoms with Gasteiger partial charge in [-0.2, -0.15) is 5.06 Å². The zero-order valence-electron chi connectivity index (χ0n) is 9.73. The summed E-state index contributed by atoms with van der Waals surface area (Å²) in [6, 6.07) is 5.79. The highest BCUT2D eigenvalue weighted by atomic mass is 16.5. The van der Waals surface area contributed by atoms with Crippen LogP contribution < -0.4 is 5.32 Å². The zero-order chi connectivity index (χ0) is 11.5. The lowest BCUT2D eigenvalue weighted by Gasteiger charge is -2.36. The number of nitrogens with zero attached hydrogens (tertiary/aromatic N) is 2. The molecule has 0 saturated heterocycles. The van der Waals surface area contributed by atoms with E-state index in [1.165, 1.54) is 5.06 Å². The van der Waals surface area contributed by atoms with E-state index in [4.69, 9.17) is 0 Å². The monoisotopic (exact) mass is 209 g/mol. The summed E-state index contributed by atoms with van der Waals surface area (Å²) in [5.74, 6) is 0.819. The molecule has 0 amide bonds. The minimum Gasteiger partial charge on any atom is -0.366 e. The predicted octanol–water partition coefficient (Wildman–Crippen LogP) is 1.98. The molecule has 0 saturated carbocycles. The highest BCUT2D eigenvalue weighted by Crippen LogP contribution is 2.18. The lowest BCUT2D eigenvalue weighted by Crippen LogP contribution is -2.51. The van der Waals surface area contributed by atoms with Crippen LogP contribution in [-0.4, -0.2) is 33.9 Å². The molecule has 0 fully saturated rings. The Morgan fingerprint density at radius 3 is 2.60 bits per heavy atom. The number of nitrogens with one attached hydrogen (secondary N) is 1. The third-order valence-electron chi connectivity index (χ3n) is 2.92. The van der Waals surface area contributed by atoms with Crippen LogP contribution >= 0.6 is 0 Å². The predicted molar refractivity (Wildman–Crippen MR) is 61.0 cm³/mol. The van der Waals surface area contributed by atoms with Gasteiger partial charge in [0.15, 0.2) is 0 Å². The van der Waals surface area contributed by atoms with E-state index in [1.54, 1.807) is 13.2 Å². The van der Waals surface area contributed by atoms with Crippen LogP contribution in [0, 0.1) is 0 Å². The molecule has 1 aromatic rings. The quantitative estimate of drug-likeness (QED) is 0.744. The minimum absolute atomic E-state index is 0.0856. The molecule has 1 aromatic heterocycles. The summed E-state index contributed by atoms with van der Waals surface area (Å²) < 4.78 is 0. The molecule has 0 spiro atoms. The minimum atomic E-state index is -0.350. The van der Waals surface area contributed by atoms with Crippen molar-refractivity contribution in [3.63, 3.8) is 0 Å². The second-order valence-electron chi connectivity index (χ2n) is 4.26. The summed E-state index contributed by atoms with van der Waals surface area (Å²) >= 11 is 0. The topological polar surface area (TPSA) is 48.4 Å². The molecule has 84 valence electrons. The smallest absolute Gasteiger partial charge is 0.126 e. The van der Waals surface area contributed by atoms with E-state index in [0.29, 0.717) is 0 Å². The molecular weight excluding hydrogens is 190 g/mol. The van der Waals surface area contributed by atoms with Gasteiger partial charge in [0.2, 0.25) is 0 Å². The van der Waals surface area contributed by atoms with Crippen LogP contribution in [-0.2, 0) is 0 Å². The number of hydrogen-bond donors (Lipinski definition) is 2. The van der Waals surface area contributed by atoms with Crippen LogP contribution in [0.3, 0.4) is 0 Å². The molecule has 2 N–H and O–H groups in total. The van der Waals surface area contributed by atoms with Crippen LogP contribution in [0.1, 0.15) is 20.8 Å². The fraction of sp³-hybridized carbons (Fsp3) is 0.545. The van der Waals surface area contributed by atoms with E-state index in [9.17, 15) is 5.21 Å². The number of pyridine rings is 1. The standard InChI is InChI=1S/C11H19N3O/c1-9(11(2,3)14(4)15)13-10-7-5-6-8-12-10/h5-9,15H,1-4H3,(H,12,13). The van der Waals surface area contributed by atoms with Gasteiger partial charge in [-0.1, -0.05) is 6.07 Å². The highest BCUT2D eigenvalue weighted by molar-refractivity contribution is 5.35. The Hall–Kier alpha value is -1.13. The van der Waals surface area contributed by atoms with Crippen LogP contribution in [0.25, 0.3) is 0 Å². The van der Waals surface area contributed by atoms with Crippen LogP contribution in [0.5, 0.6) is 0 Å². The fourth-order valence-electron chi connectivity index (χ4n) is 1.13. The summed E-state index contributed by atoms with van der Waals surface area (Å²) in [7, 11) is 1.65. The van der Waals surface area contributed by atoms with Crippen molar-refractivity contribution in [1.82, 2.24) is 10.0 Å². The Morgan fingerprint density at radius 1 is 1.47 bits per heavy atom. The van der Waals surface area contributed by atoms with Crippen molar-refractivity contribution in [3.8, 4) is 0 Å². The van der Waals surface area contributed by atoms with Crippen molar-refractivity contribution in [2.24, 2.45) is 0 Å². The van der Waals surface area contributed by atoms with E-state index in [2.05, 4.69) is 10.3 Å². The first-order valence-corrected chi connectivity index (χ1v) is 5.05. The average molecular weight is 209 g/mol. The number of anilines is 1. The summed E-state index contributed by atoms with van der Waals surface area (Å²) in [5, 5.41) is 14.0. The van der Waals surface area contributed by atoms with Gasteiger partial charge in [0, 0.05) is 19.3 Å². The molecule has 1 heterocycles. The maximum atomic E-state index is 9.50. The molecule has 0 bridgehead atoms. The van der Waals surface area contributed by atoms with Gasteiger partial charge >= 0.3 is 0 Å². The molecule has 1 unspecified atom stereocenters. The molecule has 0 aromatic carbocycles. The summed E-state index contributed by atoms with van der Waals surface area (Å²) in [4.78, 5) is 4.18. The van der Waals surface area contributed by atoms with E-state index in [0.717, 1.165) is 5.82 Å².